The van der Waals surface area contributed by atoms with Crippen molar-refractivity contribution in [3.05, 3.63) is 18.6 Å². The van der Waals surface area contributed by atoms with Gasteiger partial charge in [-0.15, -0.1) is 0 Å². The van der Waals surface area contributed by atoms with Gasteiger partial charge >= 0.3 is 0 Å². The van der Waals surface area contributed by atoms with Crippen molar-refractivity contribution in [1.82, 2.24) is 0 Å². The van der Waals surface area contributed by atoms with Crippen LogP contribution in [0.4, 0.5) is 0 Å². The zero-order valence-corrected chi connectivity index (χ0v) is 5.20. The molecule has 1 unspecified atom stereocenters. The van der Waals surface area contributed by atoms with Gasteiger partial charge in [0, 0.05) is 0 Å². The Morgan fingerprint density at radius 3 is 2.88 bits per heavy atom. The molecule has 1 atom stereocenters. The van der Waals surface area contributed by atoms with E-state index in [0.29, 0.717) is 4.90 Å². The highest BCUT2D eigenvalue weighted by atomic mass is 32.2. The molecule has 0 fully saturated rings. The lowest BCUT2D eigenvalue weighted by molar-refractivity contribution is 0.556. The van der Waals surface area contributed by atoms with E-state index in [1.165, 1.54) is 12.5 Å². The van der Waals surface area contributed by atoms with E-state index in [9.17, 15) is 4.55 Å². The fourth-order valence-corrected chi connectivity index (χ4v) is 0.778. The summed E-state index contributed by atoms with van der Waals surface area (Å²) in [6, 6.07) is 2.67. The Kier molecular flexibility index (Phi) is 1.60. The molecule has 0 spiro atoms. The third-order valence-corrected chi connectivity index (χ3v) is 1.59. The van der Waals surface area contributed by atoms with Crippen molar-refractivity contribution in [3.63, 3.8) is 0 Å². The average molecular weight is 129 g/mol. The third kappa shape index (κ3) is 1.05. The Hall–Kier alpha value is -0.410. The summed E-state index contributed by atoms with van der Waals surface area (Å²) in [5.41, 5.74) is 0. The van der Waals surface area contributed by atoms with Gasteiger partial charge in [0.15, 0.2) is 4.90 Å². The number of hydrogen-bond donors (Lipinski definition) is 0. The van der Waals surface area contributed by atoms with Crippen molar-refractivity contribution in [1.29, 1.82) is 0 Å². The lowest BCUT2D eigenvalue weighted by atomic mass is 10.7. The minimum Gasteiger partial charge on any atom is -0.612 e. The molecule has 3 heteroatoms. The second-order valence-corrected chi connectivity index (χ2v) is 2.68. The first-order chi connectivity index (χ1) is 3.80. The van der Waals surface area contributed by atoms with Crippen LogP contribution in [0.2, 0.25) is 0 Å². The summed E-state index contributed by atoms with van der Waals surface area (Å²) < 4.78 is 15.2. The van der Waals surface area contributed by atoms with E-state index in [2.05, 4.69) is 10.5 Å². The van der Waals surface area contributed by atoms with Crippen LogP contribution in [0.1, 0.15) is 0 Å². The Labute approximate surface area is 50.7 Å². The zero-order valence-electron chi connectivity index (χ0n) is 4.38. The second-order valence-electron chi connectivity index (χ2n) is 1.33. The van der Waals surface area contributed by atoms with Crippen LogP contribution in [-0.4, -0.2) is 10.8 Å². The van der Waals surface area contributed by atoms with Crippen molar-refractivity contribution < 1.29 is 8.97 Å². The smallest absolute Gasteiger partial charge is 0.198 e. The molecule has 0 aliphatic carbocycles. The van der Waals surface area contributed by atoms with Gasteiger partial charge in [-0.2, -0.15) is 0 Å². The largest absolute Gasteiger partial charge is 0.612 e. The van der Waals surface area contributed by atoms with Crippen LogP contribution in [0.3, 0.4) is 0 Å². The van der Waals surface area contributed by atoms with Crippen LogP contribution < -0.4 is 0 Å². The lowest BCUT2D eigenvalue weighted by Gasteiger charge is -1.95. The van der Waals surface area contributed by atoms with Crippen molar-refractivity contribution in [2.24, 2.45) is 0 Å². The average Bonchev–Trinajstić information content (AvgIpc) is 2.12. The summed E-state index contributed by atoms with van der Waals surface area (Å²) in [7, 11) is 0. The molecule has 8 heavy (non-hydrogen) atoms. The molecule has 0 N–H and O–H groups in total. The standard InChI is InChI=1S/C5H5O2S/c1-8(6)5-2-3-7-4-5/h3-4H,1H3. The van der Waals surface area contributed by atoms with E-state index < -0.39 is 11.2 Å². The Balaban J connectivity index is 2.77. The Morgan fingerprint density at radius 2 is 2.62 bits per heavy atom. The van der Waals surface area contributed by atoms with Crippen molar-refractivity contribution in [2.75, 3.05) is 6.26 Å². The van der Waals surface area contributed by atoms with Crippen LogP contribution in [0, 0.1) is 6.07 Å². The molecule has 0 aliphatic heterocycles. The second kappa shape index (κ2) is 2.24. The third-order valence-electron chi connectivity index (χ3n) is 0.754. The summed E-state index contributed by atoms with van der Waals surface area (Å²) in [6.45, 7) is 0. The van der Waals surface area contributed by atoms with Gasteiger partial charge in [-0.1, -0.05) is 0 Å². The number of hydrogen-bond acceptors (Lipinski definition) is 2. The summed E-state index contributed by atoms with van der Waals surface area (Å²) >= 11 is -0.947. The van der Waals surface area contributed by atoms with Gasteiger partial charge < -0.3 is 8.97 Å². The fraction of sp³-hybridized carbons (Fsp3) is 0.200. The predicted octanol–water partition coefficient (Wildman–Crippen LogP) is 0.817. The maximum absolute atomic E-state index is 10.5. The number of furan rings is 1. The van der Waals surface area contributed by atoms with Gasteiger partial charge in [0.2, 0.25) is 0 Å². The van der Waals surface area contributed by atoms with E-state index in [-0.39, 0.29) is 0 Å². The first-order valence-electron chi connectivity index (χ1n) is 2.08. The van der Waals surface area contributed by atoms with Gasteiger partial charge in [0.1, 0.15) is 18.8 Å². The molecule has 1 heterocycles. The van der Waals surface area contributed by atoms with Crippen molar-refractivity contribution in [2.45, 2.75) is 4.90 Å². The van der Waals surface area contributed by atoms with Crippen LogP contribution in [0.5, 0.6) is 0 Å². The Bertz CT molecular complexity index is 145. The first-order valence-corrected chi connectivity index (χ1v) is 3.64. The molecule has 0 bridgehead atoms. The highest BCUT2D eigenvalue weighted by molar-refractivity contribution is 7.90. The molecule has 0 saturated heterocycles. The highest BCUT2D eigenvalue weighted by Gasteiger charge is 2.02. The number of rotatable bonds is 1. The molecular weight excluding hydrogens is 124 g/mol. The molecule has 0 amide bonds. The highest BCUT2D eigenvalue weighted by Crippen LogP contribution is 2.05. The van der Waals surface area contributed by atoms with Crippen LogP contribution in [0.15, 0.2) is 21.8 Å². The fourth-order valence-electron chi connectivity index (χ4n) is 0.373. The molecule has 1 rings (SSSR count). The first kappa shape index (κ1) is 5.72. The minimum absolute atomic E-state index is 0.616. The lowest BCUT2D eigenvalue weighted by Crippen LogP contribution is -1.93. The van der Waals surface area contributed by atoms with E-state index >= 15 is 0 Å². The molecular formula is C5H5O2S. The predicted molar refractivity (Wildman–Crippen MR) is 29.9 cm³/mol. The van der Waals surface area contributed by atoms with Crippen LogP contribution >= 0.6 is 0 Å². The SMILES string of the molecule is C[S+]([O-])c1[c]coc1. The summed E-state index contributed by atoms with van der Waals surface area (Å²) in [5.74, 6) is 0. The van der Waals surface area contributed by atoms with Gasteiger partial charge in [-0.05, 0) is 11.2 Å². The van der Waals surface area contributed by atoms with E-state index in [0.717, 1.165) is 0 Å². The molecule has 0 aliphatic rings. The zero-order chi connectivity index (χ0) is 5.98. The van der Waals surface area contributed by atoms with E-state index in [1.54, 1.807) is 6.26 Å². The molecule has 2 nitrogen and oxygen atoms in total. The van der Waals surface area contributed by atoms with Crippen molar-refractivity contribution >= 4 is 11.2 Å². The van der Waals surface area contributed by atoms with Gasteiger partial charge in [-0.3, -0.25) is 0 Å². The van der Waals surface area contributed by atoms with E-state index in [1.807, 2.05) is 0 Å². The van der Waals surface area contributed by atoms with Gasteiger partial charge in [0.05, 0.1) is 6.07 Å². The summed E-state index contributed by atoms with van der Waals surface area (Å²) in [4.78, 5) is 0.616. The van der Waals surface area contributed by atoms with E-state index in [4.69, 9.17) is 0 Å². The molecule has 0 aromatic carbocycles. The molecule has 1 aromatic rings. The van der Waals surface area contributed by atoms with Crippen LogP contribution in [0.25, 0.3) is 0 Å². The van der Waals surface area contributed by atoms with Gasteiger partial charge in [-0.25, -0.2) is 0 Å². The normalized spacial score (nSPS) is 13.8. The quantitative estimate of drug-likeness (QED) is 0.526. The molecule has 43 valence electrons. The van der Waals surface area contributed by atoms with Crippen LogP contribution in [-0.2, 0) is 11.2 Å². The van der Waals surface area contributed by atoms with Crippen molar-refractivity contribution in [3.8, 4) is 0 Å². The minimum atomic E-state index is -0.947. The summed E-state index contributed by atoms with van der Waals surface area (Å²) in [5, 5.41) is 0. The topological polar surface area (TPSA) is 36.2 Å². The summed E-state index contributed by atoms with van der Waals surface area (Å²) in [6.07, 6.45) is 4.40. The molecule has 1 aromatic heterocycles. The Morgan fingerprint density at radius 1 is 1.88 bits per heavy atom. The monoisotopic (exact) mass is 129 g/mol. The maximum Gasteiger partial charge on any atom is 0.198 e. The van der Waals surface area contributed by atoms with Gasteiger partial charge in [0.25, 0.3) is 0 Å². The maximum atomic E-state index is 10.5. The molecule has 0 saturated carbocycles. The molecule has 1 radical (unpaired) electrons.